The van der Waals surface area contributed by atoms with E-state index in [1.54, 1.807) is 46.6 Å². The highest BCUT2D eigenvalue weighted by atomic mass is 32.2. The van der Waals surface area contributed by atoms with Crippen LogP contribution in [-0.4, -0.2) is 54.0 Å². The molecule has 0 aromatic heterocycles. The van der Waals surface area contributed by atoms with Gasteiger partial charge in [-0.05, 0) is 41.7 Å². The molecule has 5 nitrogen and oxygen atoms in total. The Morgan fingerprint density at radius 1 is 1.18 bits per heavy atom. The van der Waals surface area contributed by atoms with Crippen molar-refractivity contribution in [1.29, 1.82) is 0 Å². The fourth-order valence-corrected chi connectivity index (χ4v) is 2.13. The lowest BCUT2D eigenvalue weighted by Crippen LogP contribution is -2.50. The van der Waals surface area contributed by atoms with E-state index in [1.807, 2.05) is 0 Å². The summed E-state index contributed by atoms with van der Waals surface area (Å²) in [6.07, 6.45) is 0. The summed E-state index contributed by atoms with van der Waals surface area (Å²) in [5.74, 6) is -1.00. The highest BCUT2D eigenvalue weighted by Crippen LogP contribution is 2.18. The number of likely N-dealkylation sites (N-methyl/N-ethyl adjacent to an activating group) is 1. The first kappa shape index (κ1) is 16.4. The van der Waals surface area contributed by atoms with Crippen molar-refractivity contribution >= 4 is 15.8 Å². The molecule has 0 aliphatic heterocycles. The molecule has 0 fully saturated rings. The van der Waals surface area contributed by atoms with Crippen LogP contribution in [0.25, 0.3) is 0 Å². The lowest BCUT2D eigenvalue weighted by Gasteiger charge is -2.32. The van der Waals surface area contributed by atoms with E-state index in [4.69, 9.17) is 5.11 Å². The molecule has 102 valence electrons. The van der Waals surface area contributed by atoms with Gasteiger partial charge >= 0.3 is 5.97 Å². The van der Waals surface area contributed by atoms with E-state index in [0.717, 1.165) is 0 Å². The van der Waals surface area contributed by atoms with Crippen LogP contribution >= 0.6 is 0 Å². The summed E-state index contributed by atoms with van der Waals surface area (Å²) in [7, 11) is -1.60. The first-order chi connectivity index (χ1) is 7.32. The van der Waals surface area contributed by atoms with Crippen LogP contribution in [0.5, 0.6) is 0 Å². The van der Waals surface area contributed by atoms with Crippen LogP contribution < -0.4 is 0 Å². The molecule has 0 aromatic rings. The zero-order valence-corrected chi connectivity index (χ0v) is 12.3. The van der Waals surface area contributed by atoms with Gasteiger partial charge in [-0.3, -0.25) is 9.69 Å². The number of carboxylic acid groups (broad SMARTS) is 1. The monoisotopic (exact) mass is 265 g/mol. The number of sulfone groups is 1. The summed E-state index contributed by atoms with van der Waals surface area (Å²) < 4.78 is 23.0. The largest absolute Gasteiger partial charge is 0.480 e. The van der Waals surface area contributed by atoms with E-state index < -0.39 is 26.1 Å². The first-order valence-electron chi connectivity index (χ1n) is 5.49. The molecule has 6 heteroatoms. The van der Waals surface area contributed by atoms with Gasteiger partial charge in [0.15, 0.2) is 9.84 Å². The smallest absolute Gasteiger partial charge is 0.323 e. The molecule has 0 unspecified atom stereocenters. The zero-order valence-electron chi connectivity index (χ0n) is 11.4. The molecule has 0 heterocycles. The van der Waals surface area contributed by atoms with Gasteiger partial charge in [0, 0.05) is 6.54 Å². The van der Waals surface area contributed by atoms with Gasteiger partial charge in [-0.2, -0.15) is 0 Å². The van der Waals surface area contributed by atoms with Gasteiger partial charge in [0.2, 0.25) is 0 Å². The number of carboxylic acids is 1. The predicted molar refractivity (Wildman–Crippen MR) is 67.9 cm³/mol. The highest BCUT2D eigenvalue weighted by Gasteiger charge is 2.34. The van der Waals surface area contributed by atoms with E-state index >= 15 is 0 Å². The van der Waals surface area contributed by atoms with Crippen LogP contribution in [0, 0.1) is 0 Å². The second-order valence-corrected chi connectivity index (χ2v) is 8.58. The average Bonchev–Trinajstić information content (AvgIpc) is 2.11. The molecule has 0 aliphatic carbocycles. The maximum Gasteiger partial charge on any atom is 0.323 e. The molecular weight excluding hydrogens is 242 g/mol. The lowest BCUT2D eigenvalue weighted by atomic mass is 10.0. The predicted octanol–water partition coefficient (Wildman–Crippen LogP) is 0.995. The van der Waals surface area contributed by atoms with Gasteiger partial charge in [-0.15, -0.1) is 0 Å². The fourth-order valence-electron chi connectivity index (χ4n) is 1.01. The standard InChI is InChI=1S/C11H23NO4S/c1-10(2,3)17(15,16)8-7-12(6)11(4,5)9(13)14/h7-8H2,1-6H3,(H,13,14). The molecule has 0 radical (unpaired) electrons. The Morgan fingerprint density at radius 3 is 1.88 bits per heavy atom. The molecule has 1 N–H and O–H groups in total. The van der Waals surface area contributed by atoms with Crippen molar-refractivity contribution in [3.63, 3.8) is 0 Å². The van der Waals surface area contributed by atoms with Gasteiger partial charge in [0.05, 0.1) is 10.5 Å². The number of rotatable bonds is 5. The van der Waals surface area contributed by atoms with Crippen molar-refractivity contribution in [2.45, 2.75) is 44.9 Å². The van der Waals surface area contributed by atoms with E-state index in [1.165, 1.54) is 0 Å². The van der Waals surface area contributed by atoms with Gasteiger partial charge in [-0.1, -0.05) is 0 Å². The Balaban J connectivity index is 4.67. The quantitative estimate of drug-likeness (QED) is 0.802. The Bertz CT molecular complexity index is 379. The molecule has 0 spiro atoms. The molecule has 0 saturated carbocycles. The zero-order chi connectivity index (χ0) is 14.1. The van der Waals surface area contributed by atoms with Gasteiger partial charge in [0.25, 0.3) is 0 Å². The maximum atomic E-state index is 11.9. The second kappa shape index (κ2) is 4.94. The summed E-state index contributed by atoms with van der Waals surface area (Å²) in [4.78, 5) is 12.5. The topological polar surface area (TPSA) is 74.7 Å². The SMILES string of the molecule is CN(CCS(=O)(=O)C(C)(C)C)C(C)(C)C(=O)O. The van der Waals surface area contributed by atoms with E-state index in [2.05, 4.69) is 0 Å². The maximum absolute atomic E-state index is 11.9. The van der Waals surface area contributed by atoms with Crippen LogP contribution in [0.1, 0.15) is 34.6 Å². The van der Waals surface area contributed by atoms with Gasteiger partial charge in [-0.25, -0.2) is 8.42 Å². The highest BCUT2D eigenvalue weighted by molar-refractivity contribution is 7.92. The molecule has 0 aliphatic rings. The molecule has 0 saturated heterocycles. The van der Waals surface area contributed by atoms with Crippen molar-refractivity contribution in [2.75, 3.05) is 19.3 Å². The van der Waals surface area contributed by atoms with Crippen LogP contribution in [0.3, 0.4) is 0 Å². The Kier molecular flexibility index (Phi) is 4.76. The van der Waals surface area contributed by atoms with Crippen LogP contribution in [0.2, 0.25) is 0 Å². The van der Waals surface area contributed by atoms with Crippen LogP contribution in [-0.2, 0) is 14.6 Å². The third-order valence-electron chi connectivity index (χ3n) is 3.11. The van der Waals surface area contributed by atoms with Gasteiger partial charge in [0.1, 0.15) is 5.54 Å². The van der Waals surface area contributed by atoms with Crippen molar-refractivity contribution in [2.24, 2.45) is 0 Å². The number of hydrogen-bond donors (Lipinski definition) is 1. The number of carbonyl (C=O) groups is 1. The minimum absolute atomic E-state index is 0.0380. The minimum atomic E-state index is -3.21. The van der Waals surface area contributed by atoms with Crippen LogP contribution in [0.4, 0.5) is 0 Å². The summed E-state index contributed by atoms with van der Waals surface area (Å²) in [6, 6.07) is 0. The van der Waals surface area contributed by atoms with E-state index in [-0.39, 0.29) is 12.3 Å². The lowest BCUT2D eigenvalue weighted by molar-refractivity contribution is -0.148. The molecule has 0 bridgehead atoms. The first-order valence-corrected chi connectivity index (χ1v) is 7.14. The number of nitrogens with zero attached hydrogens (tertiary/aromatic N) is 1. The van der Waals surface area contributed by atoms with Crippen LogP contribution in [0.15, 0.2) is 0 Å². The van der Waals surface area contributed by atoms with Crippen molar-refractivity contribution < 1.29 is 18.3 Å². The molecule has 0 rings (SSSR count). The summed E-state index contributed by atoms with van der Waals surface area (Å²) in [6.45, 7) is 8.25. The summed E-state index contributed by atoms with van der Waals surface area (Å²) in [5.41, 5.74) is -1.06. The molecule has 0 atom stereocenters. The van der Waals surface area contributed by atoms with E-state index in [0.29, 0.717) is 0 Å². The van der Waals surface area contributed by atoms with E-state index in [9.17, 15) is 13.2 Å². The third-order valence-corrected chi connectivity index (χ3v) is 5.69. The molecule has 0 amide bonds. The van der Waals surface area contributed by atoms with Crippen molar-refractivity contribution in [3.8, 4) is 0 Å². The summed E-state index contributed by atoms with van der Waals surface area (Å²) in [5, 5.41) is 9.01. The average molecular weight is 265 g/mol. The third kappa shape index (κ3) is 3.96. The van der Waals surface area contributed by atoms with Crippen molar-refractivity contribution in [1.82, 2.24) is 4.90 Å². The molecular formula is C11H23NO4S. The Morgan fingerprint density at radius 2 is 1.59 bits per heavy atom. The minimum Gasteiger partial charge on any atom is -0.480 e. The fraction of sp³-hybridized carbons (Fsp3) is 0.909. The van der Waals surface area contributed by atoms with Crippen molar-refractivity contribution in [3.05, 3.63) is 0 Å². The molecule has 17 heavy (non-hydrogen) atoms. The number of hydrogen-bond acceptors (Lipinski definition) is 4. The normalized spacial score (nSPS) is 14.1. The molecule has 0 aromatic carbocycles. The summed E-state index contributed by atoms with van der Waals surface area (Å²) >= 11 is 0. The Labute approximate surface area is 104 Å². The van der Waals surface area contributed by atoms with Gasteiger partial charge < -0.3 is 5.11 Å². The second-order valence-electron chi connectivity index (χ2n) is 5.72. The number of aliphatic carboxylic acids is 1. The Hall–Kier alpha value is -0.620.